The average Bonchev–Trinajstić information content (AvgIpc) is 3.16. The number of hydrogen-bond donors (Lipinski definition) is 1. The number of nitrogens with zero attached hydrogens (tertiary/aromatic N) is 2. The summed E-state index contributed by atoms with van der Waals surface area (Å²) >= 11 is 1.44. The zero-order valence-electron chi connectivity index (χ0n) is 12.9. The minimum absolute atomic E-state index is 0.0987. The van der Waals surface area contributed by atoms with E-state index in [1.807, 2.05) is 48.8 Å². The first-order chi connectivity index (χ1) is 11.2. The predicted molar refractivity (Wildman–Crippen MR) is 91.3 cm³/mol. The molecule has 0 spiro atoms. The second kappa shape index (κ2) is 6.66. The van der Waals surface area contributed by atoms with Crippen LogP contribution in [-0.2, 0) is 6.54 Å². The molecule has 0 aliphatic carbocycles. The zero-order valence-corrected chi connectivity index (χ0v) is 13.8. The minimum Gasteiger partial charge on any atom is -0.497 e. The van der Waals surface area contributed by atoms with Crippen LogP contribution >= 0.6 is 11.3 Å². The molecule has 0 fully saturated rings. The van der Waals surface area contributed by atoms with Gasteiger partial charge in [0.25, 0.3) is 5.91 Å². The highest BCUT2D eigenvalue weighted by molar-refractivity contribution is 7.12. The van der Waals surface area contributed by atoms with Crippen LogP contribution in [0.15, 0.2) is 48.1 Å². The third-order valence-electron chi connectivity index (χ3n) is 3.44. The molecule has 23 heavy (non-hydrogen) atoms. The van der Waals surface area contributed by atoms with Crippen molar-refractivity contribution in [2.24, 2.45) is 0 Å². The van der Waals surface area contributed by atoms with Crippen molar-refractivity contribution in [1.29, 1.82) is 0 Å². The van der Waals surface area contributed by atoms with Crippen molar-refractivity contribution in [2.75, 3.05) is 12.4 Å². The first-order valence-corrected chi connectivity index (χ1v) is 8.04. The lowest BCUT2D eigenvalue weighted by molar-refractivity contribution is 0.103. The number of aryl methyl sites for hydroxylation is 1. The third-order valence-corrected chi connectivity index (χ3v) is 4.45. The van der Waals surface area contributed by atoms with Crippen LogP contribution in [0.2, 0.25) is 0 Å². The van der Waals surface area contributed by atoms with Crippen LogP contribution in [-0.4, -0.2) is 22.8 Å². The quantitative estimate of drug-likeness (QED) is 0.779. The van der Waals surface area contributed by atoms with E-state index >= 15 is 0 Å². The van der Waals surface area contributed by atoms with Crippen LogP contribution in [0.1, 0.15) is 20.8 Å². The van der Waals surface area contributed by atoms with Crippen molar-refractivity contribution in [2.45, 2.75) is 13.5 Å². The predicted octanol–water partition coefficient (Wildman–Crippen LogP) is 3.56. The molecule has 0 aliphatic rings. The van der Waals surface area contributed by atoms with Crippen molar-refractivity contribution in [3.8, 4) is 5.75 Å². The molecular weight excluding hydrogens is 310 g/mol. The topological polar surface area (TPSA) is 56.1 Å². The Morgan fingerprint density at radius 3 is 3.00 bits per heavy atom. The molecule has 1 aromatic carbocycles. The number of aromatic nitrogens is 2. The molecule has 6 heteroatoms. The summed E-state index contributed by atoms with van der Waals surface area (Å²) in [4.78, 5) is 12.9. The van der Waals surface area contributed by atoms with Crippen LogP contribution in [0.4, 0.5) is 5.69 Å². The maximum atomic E-state index is 12.2. The fraction of sp³-hybridized carbons (Fsp3) is 0.176. The number of methoxy groups -OCH3 is 1. The molecule has 2 aromatic heterocycles. The van der Waals surface area contributed by atoms with Crippen LogP contribution < -0.4 is 10.1 Å². The average molecular weight is 327 g/mol. The normalized spacial score (nSPS) is 10.5. The summed E-state index contributed by atoms with van der Waals surface area (Å²) in [6.07, 6.45) is 3.47. The summed E-state index contributed by atoms with van der Waals surface area (Å²) in [6.45, 7) is 2.54. The first kappa shape index (κ1) is 15.3. The van der Waals surface area contributed by atoms with Gasteiger partial charge in [-0.1, -0.05) is 12.1 Å². The van der Waals surface area contributed by atoms with Gasteiger partial charge >= 0.3 is 0 Å². The van der Waals surface area contributed by atoms with E-state index in [9.17, 15) is 4.79 Å². The molecule has 0 radical (unpaired) electrons. The van der Waals surface area contributed by atoms with Gasteiger partial charge in [-0.3, -0.25) is 9.48 Å². The highest BCUT2D eigenvalue weighted by Crippen LogP contribution is 2.18. The van der Waals surface area contributed by atoms with E-state index in [-0.39, 0.29) is 5.91 Å². The van der Waals surface area contributed by atoms with Gasteiger partial charge in [-0.25, -0.2) is 0 Å². The number of benzene rings is 1. The van der Waals surface area contributed by atoms with Gasteiger partial charge in [0.1, 0.15) is 5.75 Å². The van der Waals surface area contributed by atoms with Gasteiger partial charge in [0.15, 0.2) is 0 Å². The van der Waals surface area contributed by atoms with Crippen molar-refractivity contribution < 1.29 is 9.53 Å². The standard InChI is InChI=1S/C17H17N3O2S/c1-12-6-7-23-16(12)17(21)19-14-9-18-20(11-14)10-13-4-3-5-15(8-13)22-2/h3-9,11H,10H2,1-2H3,(H,19,21). The summed E-state index contributed by atoms with van der Waals surface area (Å²) in [5.41, 5.74) is 2.75. The Labute approximate surface area is 138 Å². The molecule has 3 rings (SSSR count). The molecular formula is C17H17N3O2S. The SMILES string of the molecule is COc1cccc(Cn2cc(NC(=O)c3sccc3C)cn2)c1. The lowest BCUT2D eigenvalue weighted by Crippen LogP contribution is -2.10. The number of carbonyl (C=O) groups excluding carboxylic acids is 1. The molecule has 1 N–H and O–H groups in total. The Morgan fingerprint density at radius 1 is 1.39 bits per heavy atom. The smallest absolute Gasteiger partial charge is 0.266 e. The Kier molecular flexibility index (Phi) is 4.43. The second-order valence-electron chi connectivity index (χ2n) is 5.16. The van der Waals surface area contributed by atoms with E-state index in [0.717, 1.165) is 21.8 Å². The molecule has 2 heterocycles. The highest BCUT2D eigenvalue weighted by Gasteiger charge is 2.11. The number of rotatable bonds is 5. The van der Waals surface area contributed by atoms with Gasteiger partial charge < -0.3 is 10.1 Å². The van der Waals surface area contributed by atoms with Gasteiger partial charge in [-0.05, 0) is 41.6 Å². The second-order valence-corrected chi connectivity index (χ2v) is 6.08. The zero-order chi connectivity index (χ0) is 16.2. The third kappa shape index (κ3) is 3.60. The summed E-state index contributed by atoms with van der Waals surface area (Å²) in [7, 11) is 1.65. The summed E-state index contributed by atoms with van der Waals surface area (Å²) < 4.78 is 7.00. The van der Waals surface area contributed by atoms with E-state index in [0.29, 0.717) is 12.2 Å². The number of amides is 1. The van der Waals surface area contributed by atoms with Crippen molar-refractivity contribution in [1.82, 2.24) is 9.78 Å². The first-order valence-electron chi connectivity index (χ1n) is 7.16. The van der Waals surface area contributed by atoms with Crippen molar-refractivity contribution in [3.63, 3.8) is 0 Å². The summed E-state index contributed by atoms with van der Waals surface area (Å²) in [5, 5.41) is 9.08. The molecule has 0 saturated carbocycles. The van der Waals surface area contributed by atoms with Crippen molar-refractivity contribution in [3.05, 3.63) is 64.1 Å². The Hall–Kier alpha value is -2.60. The van der Waals surface area contributed by atoms with Gasteiger partial charge in [0.2, 0.25) is 0 Å². The number of anilines is 1. The minimum atomic E-state index is -0.0987. The number of thiophene rings is 1. The highest BCUT2D eigenvalue weighted by atomic mass is 32.1. The summed E-state index contributed by atoms with van der Waals surface area (Å²) in [6, 6.07) is 9.76. The van der Waals surface area contributed by atoms with Gasteiger partial charge in [-0.2, -0.15) is 5.10 Å². The molecule has 0 atom stereocenters. The van der Waals surface area contributed by atoms with Crippen LogP contribution in [0.3, 0.4) is 0 Å². The van der Waals surface area contributed by atoms with E-state index in [1.165, 1.54) is 11.3 Å². The van der Waals surface area contributed by atoms with Gasteiger partial charge in [0.05, 0.1) is 30.4 Å². The lowest BCUT2D eigenvalue weighted by Gasteiger charge is -2.04. The maximum Gasteiger partial charge on any atom is 0.266 e. The molecule has 118 valence electrons. The lowest BCUT2D eigenvalue weighted by atomic mass is 10.2. The fourth-order valence-corrected chi connectivity index (χ4v) is 3.09. The van der Waals surface area contributed by atoms with Crippen LogP contribution in [0.5, 0.6) is 5.75 Å². The monoisotopic (exact) mass is 327 g/mol. The van der Waals surface area contributed by atoms with Gasteiger partial charge in [-0.15, -0.1) is 11.3 Å². The maximum absolute atomic E-state index is 12.2. The van der Waals surface area contributed by atoms with Gasteiger partial charge in [0, 0.05) is 6.20 Å². The van der Waals surface area contributed by atoms with E-state index < -0.39 is 0 Å². The number of nitrogens with one attached hydrogen (secondary N) is 1. The van der Waals surface area contributed by atoms with E-state index in [2.05, 4.69) is 10.4 Å². The molecule has 5 nitrogen and oxygen atoms in total. The fourth-order valence-electron chi connectivity index (χ4n) is 2.27. The molecule has 0 unspecified atom stereocenters. The molecule has 0 bridgehead atoms. The number of carbonyl (C=O) groups is 1. The largest absolute Gasteiger partial charge is 0.497 e. The van der Waals surface area contributed by atoms with Crippen LogP contribution in [0, 0.1) is 6.92 Å². The Bertz CT molecular complexity index is 823. The summed E-state index contributed by atoms with van der Waals surface area (Å²) in [5.74, 6) is 0.717. The van der Waals surface area contributed by atoms with E-state index in [4.69, 9.17) is 4.74 Å². The molecule has 1 amide bonds. The number of hydrogen-bond acceptors (Lipinski definition) is 4. The molecule has 3 aromatic rings. The molecule has 0 saturated heterocycles. The Morgan fingerprint density at radius 2 is 2.26 bits per heavy atom. The van der Waals surface area contributed by atoms with Crippen LogP contribution in [0.25, 0.3) is 0 Å². The number of ether oxygens (including phenoxy) is 1. The van der Waals surface area contributed by atoms with E-state index in [1.54, 1.807) is 18.0 Å². The molecule has 0 aliphatic heterocycles. The Balaban J connectivity index is 1.68. The van der Waals surface area contributed by atoms with Crippen molar-refractivity contribution >= 4 is 22.9 Å².